The number of aromatic hydroxyl groups is 1. The van der Waals surface area contributed by atoms with E-state index in [4.69, 9.17) is 9.47 Å². The molecule has 0 aliphatic carbocycles. The molecule has 0 bridgehead atoms. The van der Waals surface area contributed by atoms with Crippen molar-refractivity contribution in [3.8, 4) is 17.2 Å². The second kappa shape index (κ2) is 10.9. The summed E-state index contributed by atoms with van der Waals surface area (Å²) in [5.74, 6) is 1.46. The van der Waals surface area contributed by atoms with E-state index >= 15 is 0 Å². The van der Waals surface area contributed by atoms with Gasteiger partial charge in [0.25, 0.3) is 0 Å². The Morgan fingerprint density at radius 2 is 2.03 bits per heavy atom. The highest BCUT2D eigenvalue weighted by atomic mass is 32.2. The van der Waals surface area contributed by atoms with E-state index in [1.807, 2.05) is 24.3 Å². The number of nitrogens with one attached hydrogen (secondary N) is 3. The zero-order chi connectivity index (χ0) is 22.1. The third-order valence-electron chi connectivity index (χ3n) is 4.07. The van der Waals surface area contributed by atoms with Crippen LogP contribution >= 0.6 is 11.8 Å². The number of para-hydroxylation sites is 1. The molecule has 3 rings (SSSR count). The number of hydrogen-bond donors (Lipinski definition) is 4. The fraction of sp³-hybridized carbons (Fsp3) is 0.200. The number of rotatable bonds is 10. The summed E-state index contributed by atoms with van der Waals surface area (Å²) in [5.41, 5.74) is 4.14. The number of hydrogen-bond acceptors (Lipinski definition) is 9. The number of amides is 1. The molecule has 0 saturated carbocycles. The van der Waals surface area contributed by atoms with Gasteiger partial charge >= 0.3 is 0 Å². The number of phenols is 1. The SMILES string of the molecule is COc1ccc(CNC(=O)CSc2n[nH]c(N/N=C/c3cccc(OC)c3O)n2)cc1. The number of hydrazone groups is 1. The summed E-state index contributed by atoms with van der Waals surface area (Å²) in [6, 6.07) is 12.6. The van der Waals surface area contributed by atoms with Gasteiger partial charge in [0.1, 0.15) is 5.75 Å². The highest BCUT2D eigenvalue weighted by Crippen LogP contribution is 2.28. The Kier molecular flexibility index (Phi) is 7.71. The average molecular weight is 443 g/mol. The molecule has 3 aromatic rings. The molecule has 0 aliphatic rings. The maximum atomic E-state index is 12.0. The molecule has 162 valence electrons. The number of ether oxygens (including phenoxy) is 2. The Balaban J connectivity index is 1.43. The molecule has 1 aromatic heterocycles. The van der Waals surface area contributed by atoms with Gasteiger partial charge < -0.3 is 19.9 Å². The molecule has 0 saturated heterocycles. The first-order valence-electron chi connectivity index (χ1n) is 9.19. The van der Waals surface area contributed by atoms with Gasteiger partial charge in [0, 0.05) is 12.1 Å². The van der Waals surface area contributed by atoms with Crippen molar-refractivity contribution >= 4 is 29.8 Å². The van der Waals surface area contributed by atoms with Crippen LogP contribution in [0.1, 0.15) is 11.1 Å². The van der Waals surface area contributed by atoms with E-state index in [1.165, 1.54) is 25.1 Å². The number of carbonyl (C=O) groups excluding carboxylic acids is 1. The second-order valence-corrected chi connectivity index (χ2v) is 7.09. The Hall–Kier alpha value is -3.73. The number of anilines is 1. The van der Waals surface area contributed by atoms with Crippen LogP contribution in [0.2, 0.25) is 0 Å². The van der Waals surface area contributed by atoms with Gasteiger partial charge in [-0.1, -0.05) is 30.0 Å². The average Bonchev–Trinajstić information content (AvgIpc) is 3.25. The lowest BCUT2D eigenvalue weighted by Gasteiger charge is -2.05. The van der Waals surface area contributed by atoms with Gasteiger partial charge in [-0.05, 0) is 29.8 Å². The minimum atomic E-state index is -0.133. The van der Waals surface area contributed by atoms with Gasteiger partial charge in [-0.2, -0.15) is 10.1 Å². The van der Waals surface area contributed by atoms with Crippen molar-refractivity contribution < 1.29 is 19.4 Å². The lowest BCUT2D eigenvalue weighted by atomic mass is 10.2. The number of carbonyl (C=O) groups is 1. The summed E-state index contributed by atoms with van der Waals surface area (Å²) in [6.45, 7) is 0.427. The molecule has 0 spiro atoms. The smallest absolute Gasteiger partial charge is 0.240 e. The molecule has 0 atom stereocenters. The molecule has 0 fully saturated rings. The number of thioether (sulfide) groups is 1. The van der Waals surface area contributed by atoms with Crippen molar-refractivity contribution in [1.82, 2.24) is 20.5 Å². The van der Waals surface area contributed by atoms with Crippen LogP contribution in [-0.2, 0) is 11.3 Å². The van der Waals surface area contributed by atoms with E-state index in [2.05, 4.69) is 31.0 Å². The van der Waals surface area contributed by atoms with Gasteiger partial charge in [-0.3, -0.25) is 4.79 Å². The molecule has 1 amide bonds. The van der Waals surface area contributed by atoms with Gasteiger partial charge in [0.15, 0.2) is 11.5 Å². The number of aromatic amines is 1. The summed E-state index contributed by atoms with van der Waals surface area (Å²) in [7, 11) is 3.08. The van der Waals surface area contributed by atoms with E-state index in [-0.39, 0.29) is 17.4 Å². The van der Waals surface area contributed by atoms with E-state index in [1.54, 1.807) is 25.3 Å². The molecule has 0 radical (unpaired) electrons. The Morgan fingerprint density at radius 3 is 2.77 bits per heavy atom. The number of benzene rings is 2. The third kappa shape index (κ3) is 6.37. The third-order valence-corrected chi connectivity index (χ3v) is 4.92. The number of H-pyrrole nitrogens is 1. The summed E-state index contributed by atoms with van der Waals surface area (Å²) in [4.78, 5) is 16.2. The van der Waals surface area contributed by atoms with Crippen LogP contribution in [0.15, 0.2) is 52.7 Å². The largest absolute Gasteiger partial charge is 0.504 e. The molecule has 31 heavy (non-hydrogen) atoms. The van der Waals surface area contributed by atoms with E-state index in [9.17, 15) is 9.90 Å². The van der Waals surface area contributed by atoms with Crippen LogP contribution < -0.4 is 20.2 Å². The minimum absolute atomic E-state index is 0.00924. The number of phenolic OH excluding ortho intramolecular Hbond substituents is 1. The van der Waals surface area contributed by atoms with Crippen molar-refractivity contribution in [3.63, 3.8) is 0 Å². The van der Waals surface area contributed by atoms with Gasteiger partial charge in [-0.25, -0.2) is 10.5 Å². The van der Waals surface area contributed by atoms with Crippen molar-refractivity contribution in [2.24, 2.45) is 5.10 Å². The summed E-state index contributed by atoms with van der Waals surface area (Å²) in [6.07, 6.45) is 1.43. The van der Waals surface area contributed by atoms with Crippen molar-refractivity contribution in [1.29, 1.82) is 0 Å². The molecule has 0 aliphatic heterocycles. The number of aromatic nitrogens is 3. The van der Waals surface area contributed by atoms with E-state index < -0.39 is 0 Å². The van der Waals surface area contributed by atoms with Gasteiger partial charge in [-0.15, -0.1) is 5.10 Å². The molecule has 4 N–H and O–H groups in total. The quantitative estimate of drug-likeness (QED) is 0.214. The number of methoxy groups -OCH3 is 2. The highest BCUT2D eigenvalue weighted by molar-refractivity contribution is 7.99. The van der Waals surface area contributed by atoms with Crippen molar-refractivity contribution in [2.75, 3.05) is 25.4 Å². The predicted molar refractivity (Wildman–Crippen MR) is 118 cm³/mol. The maximum Gasteiger partial charge on any atom is 0.240 e. The molecule has 11 heteroatoms. The molecule has 2 aromatic carbocycles. The van der Waals surface area contributed by atoms with Crippen LogP contribution in [-0.4, -0.2) is 52.4 Å². The molecular formula is C20H22N6O4S. The fourth-order valence-corrected chi connectivity index (χ4v) is 3.09. The lowest BCUT2D eigenvalue weighted by Crippen LogP contribution is -2.24. The number of nitrogens with zero attached hydrogens (tertiary/aromatic N) is 3. The Labute approximate surface area is 183 Å². The standard InChI is InChI=1S/C20H22N6O4S/c1-29-15-8-6-13(7-9-15)10-21-17(27)12-31-20-23-19(25-26-20)24-22-11-14-4-3-5-16(30-2)18(14)28/h3-9,11,28H,10,12H2,1-2H3,(H,21,27)(H2,23,24,25,26)/b22-11+. The summed E-state index contributed by atoms with van der Waals surface area (Å²) < 4.78 is 10.2. The van der Waals surface area contributed by atoms with Crippen LogP contribution in [0.5, 0.6) is 17.2 Å². The van der Waals surface area contributed by atoms with Crippen LogP contribution in [0.25, 0.3) is 0 Å². The maximum absolute atomic E-state index is 12.0. The normalized spacial score (nSPS) is 10.8. The summed E-state index contributed by atoms with van der Waals surface area (Å²) >= 11 is 1.19. The van der Waals surface area contributed by atoms with Crippen LogP contribution in [0, 0.1) is 0 Å². The fourth-order valence-electron chi connectivity index (χ4n) is 2.46. The zero-order valence-corrected chi connectivity index (χ0v) is 17.8. The zero-order valence-electron chi connectivity index (χ0n) is 17.0. The van der Waals surface area contributed by atoms with Gasteiger partial charge in [0.05, 0.1) is 26.2 Å². The molecular weight excluding hydrogens is 420 g/mol. The van der Waals surface area contributed by atoms with Crippen molar-refractivity contribution in [3.05, 3.63) is 53.6 Å². The van der Waals surface area contributed by atoms with Crippen LogP contribution in [0.4, 0.5) is 5.95 Å². The van der Waals surface area contributed by atoms with E-state index in [0.29, 0.717) is 29.0 Å². The molecule has 10 nitrogen and oxygen atoms in total. The molecule has 0 unspecified atom stereocenters. The predicted octanol–water partition coefficient (Wildman–Crippen LogP) is 2.38. The minimum Gasteiger partial charge on any atom is -0.504 e. The lowest BCUT2D eigenvalue weighted by molar-refractivity contribution is -0.118. The van der Waals surface area contributed by atoms with Gasteiger partial charge in [0.2, 0.25) is 17.0 Å². The monoisotopic (exact) mass is 442 g/mol. The van der Waals surface area contributed by atoms with E-state index in [0.717, 1.165) is 11.3 Å². The van der Waals surface area contributed by atoms with Crippen molar-refractivity contribution in [2.45, 2.75) is 11.7 Å². The summed E-state index contributed by atoms with van der Waals surface area (Å²) in [5, 5.41) is 24.0. The topological polar surface area (TPSA) is 134 Å². The molecule has 1 heterocycles. The van der Waals surface area contributed by atoms with Crippen LogP contribution in [0.3, 0.4) is 0 Å². The first-order valence-corrected chi connectivity index (χ1v) is 10.2. The first kappa shape index (κ1) is 22.0. The first-order chi connectivity index (χ1) is 15.1. The Bertz CT molecular complexity index is 1040. The highest BCUT2D eigenvalue weighted by Gasteiger charge is 2.08. The Morgan fingerprint density at radius 1 is 1.23 bits per heavy atom. The second-order valence-electron chi connectivity index (χ2n) is 6.15.